The van der Waals surface area contributed by atoms with E-state index < -0.39 is 12.8 Å². The van der Waals surface area contributed by atoms with Crippen LogP contribution in [0.3, 0.4) is 0 Å². The van der Waals surface area contributed by atoms with Crippen molar-refractivity contribution in [3.63, 3.8) is 0 Å². The number of hydrogen-bond acceptors (Lipinski definition) is 2. The first-order valence-electron chi connectivity index (χ1n) is 5.80. The Hall–Kier alpha value is -1.87. The van der Waals surface area contributed by atoms with Crippen molar-refractivity contribution < 1.29 is 14.2 Å². The molecule has 2 aromatic carbocycles. The van der Waals surface area contributed by atoms with E-state index in [0.29, 0.717) is 17.9 Å². The Morgan fingerprint density at radius 2 is 1.67 bits per heavy atom. The number of alkyl halides is 1. The Morgan fingerprint density at radius 3 is 2.28 bits per heavy atom. The van der Waals surface area contributed by atoms with Crippen molar-refractivity contribution in [2.24, 2.45) is 0 Å². The van der Waals surface area contributed by atoms with Gasteiger partial charge in [-0.1, -0.05) is 42.5 Å². The van der Waals surface area contributed by atoms with Crippen LogP contribution in [-0.4, -0.2) is 11.8 Å². The first kappa shape index (κ1) is 12.6. The SMILES string of the molecule is O[C@H](CF)c1ccc(OCc2ccccc2)cc1. The van der Waals surface area contributed by atoms with Gasteiger partial charge in [-0.05, 0) is 23.3 Å². The quantitative estimate of drug-likeness (QED) is 0.877. The van der Waals surface area contributed by atoms with Gasteiger partial charge in [0.1, 0.15) is 25.1 Å². The second-order valence-electron chi connectivity index (χ2n) is 4.01. The van der Waals surface area contributed by atoms with Gasteiger partial charge in [0.2, 0.25) is 0 Å². The number of halogens is 1. The van der Waals surface area contributed by atoms with E-state index in [4.69, 9.17) is 4.74 Å². The average molecular weight is 246 g/mol. The van der Waals surface area contributed by atoms with Crippen LogP contribution in [0.5, 0.6) is 5.75 Å². The summed E-state index contributed by atoms with van der Waals surface area (Å²) >= 11 is 0. The molecule has 0 aliphatic heterocycles. The third-order valence-corrected chi connectivity index (χ3v) is 2.66. The molecule has 0 bridgehead atoms. The zero-order valence-corrected chi connectivity index (χ0v) is 9.92. The van der Waals surface area contributed by atoms with E-state index >= 15 is 0 Å². The monoisotopic (exact) mass is 246 g/mol. The Morgan fingerprint density at radius 1 is 1.00 bits per heavy atom. The summed E-state index contributed by atoms with van der Waals surface area (Å²) < 4.78 is 17.8. The fourth-order valence-electron chi connectivity index (χ4n) is 1.62. The highest BCUT2D eigenvalue weighted by molar-refractivity contribution is 5.29. The molecule has 0 amide bonds. The van der Waals surface area contributed by atoms with Crippen molar-refractivity contribution in [3.05, 3.63) is 65.7 Å². The third kappa shape index (κ3) is 3.31. The van der Waals surface area contributed by atoms with Crippen molar-refractivity contribution in [2.75, 3.05) is 6.67 Å². The lowest BCUT2D eigenvalue weighted by atomic mass is 10.1. The average Bonchev–Trinajstić information content (AvgIpc) is 2.46. The molecule has 3 heteroatoms. The van der Waals surface area contributed by atoms with Gasteiger partial charge in [0.15, 0.2) is 0 Å². The van der Waals surface area contributed by atoms with Gasteiger partial charge in [0.05, 0.1) is 0 Å². The van der Waals surface area contributed by atoms with Crippen molar-refractivity contribution in [1.29, 1.82) is 0 Å². The maximum atomic E-state index is 12.3. The number of rotatable bonds is 5. The molecular formula is C15H15FO2. The van der Waals surface area contributed by atoms with Crippen LogP contribution in [-0.2, 0) is 6.61 Å². The minimum Gasteiger partial charge on any atom is -0.489 e. The van der Waals surface area contributed by atoms with E-state index in [9.17, 15) is 9.50 Å². The van der Waals surface area contributed by atoms with Gasteiger partial charge in [-0.2, -0.15) is 0 Å². The lowest BCUT2D eigenvalue weighted by molar-refractivity contribution is 0.141. The van der Waals surface area contributed by atoms with Gasteiger partial charge in [0, 0.05) is 0 Å². The minimum atomic E-state index is -1.05. The lowest BCUT2D eigenvalue weighted by Gasteiger charge is -2.09. The van der Waals surface area contributed by atoms with E-state index in [2.05, 4.69) is 0 Å². The molecule has 0 saturated heterocycles. The normalized spacial score (nSPS) is 12.1. The number of aliphatic hydroxyl groups is 1. The maximum absolute atomic E-state index is 12.3. The molecule has 0 saturated carbocycles. The van der Waals surface area contributed by atoms with Crippen molar-refractivity contribution in [3.8, 4) is 5.75 Å². The van der Waals surface area contributed by atoms with Crippen molar-refractivity contribution >= 4 is 0 Å². The van der Waals surface area contributed by atoms with Crippen LogP contribution in [0.25, 0.3) is 0 Å². The Kier molecular flexibility index (Phi) is 4.31. The van der Waals surface area contributed by atoms with Crippen LogP contribution in [0.15, 0.2) is 54.6 Å². The molecule has 18 heavy (non-hydrogen) atoms. The molecule has 2 nitrogen and oxygen atoms in total. The zero-order chi connectivity index (χ0) is 12.8. The zero-order valence-electron chi connectivity index (χ0n) is 9.92. The van der Waals surface area contributed by atoms with Crippen LogP contribution in [0.1, 0.15) is 17.2 Å². The highest BCUT2D eigenvalue weighted by atomic mass is 19.1. The van der Waals surface area contributed by atoms with E-state index in [-0.39, 0.29) is 0 Å². The molecule has 0 aliphatic rings. The molecular weight excluding hydrogens is 231 g/mol. The van der Waals surface area contributed by atoms with Crippen LogP contribution >= 0.6 is 0 Å². The van der Waals surface area contributed by atoms with Crippen LogP contribution in [0.2, 0.25) is 0 Å². The Bertz CT molecular complexity index is 468. The highest BCUT2D eigenvalue weighted by Crippen LogP contribution is 2.19. The summed E-state index contributed by atoms with van der Waals surface area (Å²) in [5.74, 6) is 0.702. The number of benzene rings is 2. The predicted molar refractivity (Wildman–Crippen MR) is 68.2 cm³/mol. The molecule has 2 aromatic rings. The molecule has 2 rings (SSSR count). The molecule has 0 aromatic heterocycles. The van der Waals surface area contributed by atoms with Gasteiger partial charge in [0.25, 0.3) is 0 Å². The summed E-state index contributed by atoms with van der Waals surface area (Å²) in [6, 6.07) is 16.7. The highest BCUT2D eigenvalue weighted by Gasteiger charge is 2.06. The van der Waals surface area contributed by atoms with Crippen LogP contribution in [0.4, 0.5) is 4.39 Å². The first-order valence-corrected chi connectivity index (χ1v) is 5.80. The molecule has 1 N–H and O–H groups in total. The van der Waals surface area contributed by atoms with Gasteiger partial charge >= 0.3 is 0 Å². The Labute approximate surface area is 106 Å². The molecule has 0 fully saturated rings. The predicted octanol–water partition coefficient (Wildman–Crippen LogP) is 3.27. The molecule has 0 aliphatic carbocycles. The standard InChI is InChI=1S/C15H15FO2/c16-10-15(17)13-6-8-14(9-7-13)18-11-12-4-2-1-3-5-12/h1-9,15,17H,10-11H2/t15-/m1/s1. The third-order valence-electron chi connectivity index (χ3n) is 2.66. The van der Waals surface area contributed by atoms with Gasteiger partial charge in [-0.25, -0.2) is 4.39 Å². The molecule has 0 heterocycles. The number of hydrogen-bond donors (Lipinski definition) is 1. The summed E-state index contributed by atoms with van der Waals surface area (Å²) in [6.07, 6.45) is -1.05. The summed E-state index contributed by atoms with van der Waals surface area (Å²) in [4.78, 5) is 0. The minimum absolute atomic E-state index is 0.492. The first-order chi connectivity index (χ1) is 8.79. The maximum Gasteiger partial charge on any atom is 0.119 e. The fraction of sp³-hybridized carbons (Fsp3) is 0.200. The van der Waals surface area contributed by atoms with Gasteiger partial charge < -0.3 is 9.84 Å². The second kappa shape index (κ2) is 6.17. The lowest BCUT2D eigenvalue weighted by Crippen LogP contribution is -1.99. The molecule has 0 radical (unpaired) electrons. The fourth-order valence-corrected chi connectivity index (χ4v) is 1.62. The van der Waals surface area contributed by atoms with Gasteiger partial charge in [-0.15, -0.1) is 0 Å². The van der Waals surface area contributed by atoms with Gasteiger partial charge in [-0.3, -0.25) is 0 Å². The summed E-state index contributed by atoms with van der Waals surface area (Å²) in [5.41, 5.74) is 1.65. The second-order valence-corrected chi connectivity index (χ2v) is 4.01. The van der Waals surface area contributed by atoms with Crippen LogP contribution in [0, 0.1) is 0 Å². The number of aliphatic hydroxyl groups excluding tert-OH is 1. The van der Waals surface area contributed by atoms with E-state index in [1.54, 1.807) is 24.3 Å². The van der Waals surface area contributed by atoms with E-state index in [0.717, 1.165) is 5.56 Å². The summed E-state index contributed by atoms with van der Waals surface area (Å²) in [5, 5.41) is 9.31. The van der Waals surface area contributed by atoms with Crippen molar-refractivity contribution in [2.45, 2.75) is 12.7 Å². The molecule has 1 atom stereocenters. The number of ether oxygens (including phenoxy) is 1. The topological polar surface area (TPSA) is 29.5 Å². The molecule has 0 unspecified atom stereocenters. The Balaban J connectivity index is 1.94. The van der Waals surface area contributed by atoms with E-state index in [1.807, 2.05) is 30.3 Å². The summed E-state index contributed by atoms with van der Waals surface area (Å²) in [6.45, 7) is -0.282. The molecule has 94 valence electrons. The molecule has 0 spiro atoms. The van der Waals surface area contributed by atoms with E-state index in [1.165, 1.54) is 0 Å². The largest absolute Gasteiger partial charge is 0.489 e. The summed E-state index contributed by atoms with van der Waals surface area (Å²) in [7, 11) is 0. The van der Waals surface area contributed by atoms with Crippen molar-refractivity contribution in [1.82, 2.24) is 0 Å². The van der Waals surface area contributed by atoms with Crippen LogP contribution < -0.4 is 4.74 Å². The smallest absolute Gasteiger partial charge is 0.119 e.